The molecule has 0 bridgehead atoms. The molecule has 6 heteroatoms. The minimum Gasteiger partial charge on any atom is -0.463 e. The van der Waals surface area contributed by atoms with Crippen LogP contribution in [0.2, 0.25) is 0 Å². The molecule has 0 aromatic carbocycles. The summed E-state index contributed by atoms with van der Waals surface area (Å²) in [4.78, 5) is 35.9. The van der Waals surface area contributed by atoms with E-state index in [4.69, 9.17) is 9.47 Å². The van der Waals surface area contributed by atoms with Crippen molar-refractivity contribution in [1.82, 2.24) is 0 Å². The zero-order valence-corrected chi connectivity index (χ0v) is 19.6. The molecule has 4 aliphatic carbocycles. The second kappa shape index (κ2) is 7.57. The van der Waals surface area contributed by atoms with Gasteiger partial charge in [0.2, 0.25) is 0 Å². The van der Waals surface area contributed by atoms with Crippen molar-refractivity contribution in [3.05, 3.63) is 0 Å². The Bertz CT molecular complexity index is 778. The summed E-state index contributed by atoms with van der Waals surface area (Å²) in [7, 11) is 0. The summed E-state index contributed by atoms with van der Waals surface area (Å²) in [5.74, 6) is -0.216. The molecule has 6 nitrogen and oxygen atoms in total. The van der Waals surface area contributed by atoms with E-state index in [-0.39, 0.29) is 58.5 Å². The van der Waals surface area contributed by atoms with Crippen LogP contribution in [-0.4, -0.2) is 40.6 Å². The molecule has 31 heavy (non-hydrogen) atoms. The Balaban J connectivity index is 1.67. The Morgan fingerprint density at radius 1 is 0.871 bits per heavy atom. The van der Waals surface area contributed by atoms with E-state index in [0.29, 0.717) is 18.8 Å². The summed E-state index contributed by atoms with van der Waals surface area (Å²) in [5, 5.41) is 12.3. The van der Waals surface area contributed by atoms with Crippen molar-refractivity contribution in [1.29, 1.82) is 0 Å². The number of esters is 2. The third-order valence-corrected chi connectivity index (χ3v) is 9.91. The van der Waals surface area contributed by atoms with Gasteiger partial charge in [-0.25, -0.2) is 0 Å². The average Bonchev–Trinajstić information content (AvgIpc) is 2.95. The number of aliphatic hydroxyl groups is 1. The van der Waals surface area contributed by atoms with Crippen molar-refractivity contribution in [2.75, 3.05) is 0 Å². The molecule has 0 unspecified atom stereocenters. The third-order valence-electron chi connectivity index (χ3n) is 9.91. The largest absolute Gasteiger partial charge is 0.463 e. The van der Waals surface area contributed by atoms with Crippen molar-refractivity contribution in [2.24, 2.45) is 34.5 Å². The smallest absolute Gasteiger partial charge is 0.302 e. The normalized spacial score (nSPS) is 48.7. The van der Waals surface area contributed by atoms with Crippen LogP contribution in [0.3, 0.4) is 0 Å². The Morgan fingerprint density at radius 2 is 1.55 bits per heavy atom. The van der Waals surface area contributed by atoms with Crippen LogP contribution in [0, 0.1) is 34.5 Å². The van der Waals surface area contributed by atoms with E-state index >= 15 is 0 Å². The van der Waals surface area contributed by atoms with E-state index in [1.54, 1.807) is 6.92 Å². The Labute approximate surface area is 185 Å². The molecule has 0 aliphatic heterocycles. The SMILES string of the molecule is CC(=O)O[C@@H]1CC[C@]2(C)[C@@H](CC[C@@H]3[C@@H]4[C@@H](OC(C)=O)C[C@@H](C(C)=O)[C@@]4(C)CC[C@@]32O)C1. The Kier molecular flexibility index (Phi) is 5.55. The number of carbonyl (C=O) groups excluding carboxylic acids is 3. The molecule has 4 fully saturated rings. The van der Waals surface area contributed by atoms with Gasteiger partial charge in [-0.1, -0.05) is 13.8 Å². The van der Waals surface area contributed by atoms with Crippen LogP contribution in [0.25, 0.3) is 0 Å². The van der Waals surface area contributed by atoms with Crippen LogP contribution >= 0.6 is 0 Å². The predicted molar refractivity (Wildman–Crippen MR) is 114 cm³/mol. The molecule has 0 heterocycles. The quantitative estimate of drug-likeness (QED) is 0.679. The molecule has 9 atom stereocenters. The Hall–Kier alpha value is -1.43. The lowest BCUT2D eigenvalue weighted by Crippen LogP contribution is -2.66. The highest BCUT2D eigenvalue weighted by Crippen LogP contribution is 2.69. The highest BCUT2D eigenvalue weighted by Gasteiger charge is 2.70. The first-order chi connectivity index (χ1) is 14.4. The zero-order valence-electron chi connectivity index (χ0n) is 19.6. The van der Waals surface area contributed by atoms with E-state index in [0.717, 1.165) is 38.5 Å². The molecular weight excluding hydrogens is 396 g/mol. The van der Waals surface area contributed by atoms with Crippen molar-refractivity contribution < 1.29 is 29.0 Å². The number of hydrogen-bond acceptors (Lipinski definition) is 6. The van der Waals surface area contributed by atoms with E-state index in [2.05, 4.69) is 13.8 Å². The highest BCUT2D eigenvalue weighted by atomic mass is 16.5. The number of rotatable bonds is 3. The van der Waals surface area contributed by atoms with E-state index < -0.39 is 5.60 Å². The van der Waals surface area contributed by atoms with Crippen molar-refractivity contribution in [3.63, 3.8) is 0 Å². The minimum atomic E-state index is -0.856. The van der Waals surface area contributed by atoms with Gasteiger partial charge in [-0.05, 0) is 81.0 Å². The molecular formula is C25H38O6. The lowest BCUT2D eigenvalue weighted by Gasteiger charge is -2.65. The van der Waals surface area contributed by atoms with E-state index in [1.165, 1.54) is 13.8 Å². The van der Waals surface area contributed by atoms with Crippen LogP contribution in [0.4, 0.5) is 0 Å². The van der Waals surface area contributed by atoms with Gasteiger partial charge in [-0.3, -0.25) is 14.4 Å². The first kappa shape index (κ1) is 22.8. The second-order valence-electron chi connectivity index (χ2n) is 11.3. The van der Waals surface area contributed by atoms with Gasteiger partial charge < -0.3 is 14.6 Å². The van der Waals surface area contributed by atoms with Crippen LogP contribution in [0.15, 0.2) is 0 Å². The summed E-state index contributed by atoms with van der Waals surface area (Å²) in [6.07, 6.45) is 5.84. The fourth-order valence-corrected chi connectivity index (χ4v) is 8.49. The average molecular weight is 435 g/mol. The summed E-state index contributed by atoms with van der Waals surface area (Å²) < 4.78 is 11.3. The van der Waals surface area contributed by atoms with Gasteiger partial charge in [0.25, 0.3) is 0 Å². The first-order valence-electron chi connectivity index (χ1n) is 12.0. The van der Waals surface area contributed by atoms with Gasteiger partial charge >= 0.3 is 11.9 Å². The highest BCUT2D eigenvalue weighted by molar-refractivity contribution is 5.80. The number of hydrogen-bond donors (Lipinski definition) is 1. The molecule has 0 amide bonds. The number of carbonyl (C=O) groups is 3. The first-order valence-corrected chi connectivity index (χ1v) is 12.0. The molecule has 4 rings (SSSR count). The van der Waals surface area contributed by atoms with E-state index in [9.17, 15) is 19.5 Å². The van der Waals surface area contributed by atoms with Crippen LogP contribution in [0.1, 0.15) is 86.0 Å². The molecule has 0 spiro atoms. The minimum absolute atomic E-state index is 0.00600. The van der Waals surface area contributed by atoms with Crippen LogP contribution < -0.4 is 0 Å². The van der Waals surface area contributed by atoms with Crippen molar-refractivity contribution in [3.8, 4) is 0 Å². The van der Waals surface area contributed by atoms with Crippen molar-refractivity contribution in [2.45, 2.75) is 104 Å². The van der Waals surface area contributed by atoms with E-state index in [1.807, 2.05) is 0 Å². The molecule has 1 N–H and O–H groups in total. The van der Waals surface area contributed by atoms with Gasteiger partial charge in [0, 0.05) is 25.7 Å². The van der Waals surface area contributed by atoms with Crippen molar-refractivity contribution >= 4 is 17.7 Å². The lowest BCUT2D eigenvalue weighted by molar-refractivity contribution is -0.249. The second-order valence-corrected chi connectivity index (χ2v) is 11.3. The van der Waals surface area contributed by atoms with Gasteiger partial charge in [-0.2, -0.15) is 0 Å². The molecule has 0 aromatic heterocycles. The number of ketones is 1. The number of Topliss-reactive ketones (excluding diaryl/α,β-unsaturated/α-hetero) is 1. The molecule has 174 valence electrons. The molecule has 4 aliphatic rings. The Morgan fingerprint density at radius 3 is 2.16 bits per heavy atom. The topological polar surface area (TPSA) is 89.9 Å². The maximum absolute atomic E-state index is 12.5. The standard InChI is InChI=1S/C25H38O6/c1-14(26)20-13-21(31-16(3)28)22-19-7-6-17-12-18(30-15(2)27)8-9-24(17,5)25(19,29)11-10-23(20,22)4/h17-22,29H,6-13H2,1-5H3/t17-,18+,19+,20-,21-,22+,23+,24+,25+/m0/s1. The maximum atomic E-state index is 12.5. The number of fused-ring (bicyclic) bond motifs is 5. The van der Waals surface area contributed by atoms with Gasteiger partial charge in [0.05, 0.1) is 5.60 Å². The molecule has 4 saturated carbocycles. The molecule has 0 aromatic rings. The van der Waals surface area contributed by atoms with Gasteiger partial charge in [0.15, 0.2) is 0 Å². The summed E-state index contributed by atoms with van der Waals surface area (Å²) in [6.45, 7) is 8.94. The fraction of sp³-hybridized carbons (Fsp3) is 0.880. The summed E-state index contributed by atoms with van der Waals surface area (Å²) in [6, 6.07) is 0. The summed E-state index contributed by atoms with van der Waals surface area (Å²) >= 11 is 0. The lowest BCUT2D eigenvalue weighted by atomic mass is 9.42. The van der Waals surface area contributed by atoms with Crippen LogP contribution in [-0.2, 0) is 23.9 Å². The molecule has 0 saturated heterocycles. The van der Waals surface area contributed by atoms with Gasteiger partial charge in [-0.15, -0.1) is 0 Å². The monoisotopic (exact) mass is 434 g/mol. The van der Waals surface area contributed by atoms with Crippen LogP contribution in [0.5, 0.6) is 0 Å². The predicted octanol–water partition coefficient (Wildman–Crippen LogP) is 3.82. The van der Waals surface area contributed by atoms with Gasteiger partial charge in [0.1, 0.15) is 18.0 Å². The number of ether oxygens (including phenoxy) is 2. The zero-order chi connectivity index (χ0) is 22.8. The molecule has 0 radical (unpaired) electrons. The summed E-state index contributed by atoms with van der Waals surface area (Å²) in [5.41, 5.74) is -1.37. The third kappa shape index (κ3) is 3.35. The maximum Gasteiger partial charge on any atom is 0.302 e. The fourth-order valence-electron chi connectivity index (χ4n) is 8.49.